The Labute approximate surface area is 185 Å². The number of nitrogens with zero attached hydrogens (tertiary/aromatic N) is 1. The second-order valence-corrected chi connectivity index (χ2v) is 7.59. The van der Waals surface area contributed by atoms with Crippen LogP contribution in [-0.4, -0.2) is 53.6 Å². The predicted molar refractivity (Wildman–Crippen MR) is 119 cm³/mol. The number of nitrogens with two attached hydrogens (primary N) is 1. The van der Waals surface area contributed by atoms with Crippen LogP contribution in [0.25, 0.3) is 0 Å². The van der Waals surface area contributed by atoms with E-state index in [4.69, 9.17) is 5.73 Å². The van der Waals surface area contributed by atoms with Gasteiger partial charge in [-0.05, 0) is 29.9 Å². The molecular weight excluding hydrogens is 415 g/mol. The van der Waals surface area contributed by atoms with Crippen molar-refractivity contribution >= 4 is 36.6 Å². The van der Waals surface area contributed by atoms with Crippen molar-refractivity contribution in [1.82, 2.24) is 15.5 Å². The van der Waals surface area contributed by atoms with Crippen LogP contribution in [0.3, 0.4) is 0 Å². The first-order chi connectivity index (χ1) is 12.8. The van der Waals surface area contributed by atoms with E-state index in [-0.39, 0.29) is 55.2 Å². The summed E-state index contributed by atoms with van der Waals surface area (Å²) in [5, 5.41) is 14.9. The van der Waals surface area contributed by atoms with E-state index >= 15 is 0 Å². The Bertz CT molecular complexity index is 621. The van der Waals surface area contributed by atoms with E-state index in [2.05, 4.69) is 27.7 Å². The molecule has 0 aliphatic carbocycles. The number of carbonyl (C=O) groups excluding carboxylic acids is 2. The Morgan fingerprint density at radius 2 is 1.66 bits per heavy atom. The highest BCUT2D eigenvalue weighted by Crippen LogP contribution is 2.14. The molecule has 0 saturated carbocycles. The maximum absolute atomic E-state index is 11.9. The Morgan fingerprint density at radius 3 is 2.21 bits per heavy atom. The summed E-state index contributed by atoms with van der Waals surface area (Å²) in [5.74, 6) is -0.522. The highest BCUT2D eigenvalue weighted by atomic mass is 35.5. The summed E-state index contributed by atoms with van der Waals surface area (Å²) >= 11 is 0. The zero-order valence-electron chi connectivity index (χ0n) is 17.1. The van der Waals surface area contributed by atoms with Crippen LogP contribution in [0.2, 0.25) is 0 Å². The molecule has 2 rings (SSSR count). The van der Waals surface area contributed by atoms with Crippen LogP contribution in [0.1, 0.15) is 37.8 Å². The second kappa shape index (κ2) is 13.8. The zero-order valence-corrected chi connectivity index (χ0v) is 18.7. The monoisotopic (exact) mass is 448 g/mol. The average Bonchev–Trinajstić information content (AvgIpc) is 2.66. The van der Waals surface area contributed by atoms with Gasteiger partial charge in [0.05, 0.1) is 18.7 Å². The summed E-state index contributed by atoms with van der Waals surface area (Å²) in [5.41, 5.74) is 7.96. The lowest BCUT2D eigenvalue weighted by Crippen LogP contribution is -2.47. The molecule has 1 atom stereocenters. The van der Waals surface area contributed by atoms with Crippen LogP contribution in [-0.2, 0) is 22.7 Å². The minimum Gasteiger partial charge on any atom is -0.393 e. The smallest absolute Gasteiger partial charge is 0.239 e. The van der Waals surface area contributed by atoms with Gasteiger partial charge in [-0.15, -0.1) is 24.8 Å². The number of aliphatic hydroxyl groups is 1. The molecule has 1 saturated heterocycles. The largest absolute Gasteiger partial charge is 0.393 e. The number of aliphatic hydroxyl groups excluding tert-OH is 1. The highest BCUT2D eigenvalue weighted by molar-refractivity contribution is 5.87. The van der Waals surface area contributed by atoms with Gasteiger partial charge in [0.2, 0.25) is 11.8 Å². The third kappa shape index (κ3) is 9.78. The van der Waals surface area contributed by atoms with E-state index in [0.29, 0.717) is 6.54 Å². The van der Waals surface area contributed by atoms with Crippen molar-refractivity contribution in [3.8, 4) is 0 Å². The van der Waals surface area contributed by atoms with Gasteiger partial charge in [0, 0.05) is 26.2 Å². The molecule has 0 radical (unpaired) electrons. The van der Waals surface area contributed by atoms with E-state index in [1.807, 2.05) is 26.0 Å². The Morgan fingerprint density at radius 1 is 1.10 bits per heavy atom. The normalized spacial score (nSPS) is 15.8. The molecule has 1 heterocycles. The topological polar surface area (TPSA) is 108 Å². The highest BCUT2D eigenvalue weighted by Gasteiger charge is 2.18. The number of halogens is 2. The molecule has 1 fully saturated rings. The van der Waals surface area contributed by atoms with E-state index < -0.39 is 6.04 Å². The quantitative estimate of drug-likeness (QED) is 0.477. The molecule has 0 spiro atoms. The average molecular weight is 449 g/mol. The minimum atomic E-state index is -0.603. The number of carbonyl (C=O) groups is 2. The Balaban J connectivity index is 0.00000392. The van der Waals surface area contributed by atoms with E-state index in [1.54, 1.807) is 0 Å². The van der Waals surface area contributed by atoms with E-state index in [1.165, 1.54) is 5.56 Å². The van der Waals surface area contributed by atoms with Gasteiger partial charge in [0.1, 0.15) is 0 Å². The summed E-state index contributed by atoms with van der Waals surface area (Å²) in [6.07, 6.45) is 1.52. The van der Waals surface area contributed by atoms with Crippen LogP contribution in [0, 0.1) is 5.92 Å². The standard InChI is InChI=1S/C20H32N4O3.2ClH/c1-14(2)19(21)20(27)23-12-18(26)22-11-15-3-5-16(6-4-15)13-24-9-7-17(25)8-10-24;;/h3-6,14,17,19,25H,7-13,21H2,1-2H3,(H,22,26)(H,23,27);2*1H/t19-;;/m0../s1. The molecule has 1 aromatic carbocycles. The van der Waals surface area contributed by atoms with Crippen LogP contribution in [0.4, 0.5) is 0 Å². The van der Waals surface area contributed by atoms with Crippen LogP contribution in [0.15, 0.2) is 24.3 Å². The van der Waals surface area contributed by atoms with Crippen LogP contribution in [0.5, 0.6) is 0 Å². The fourth-order valence-electron chi connectivity index (χ4n) is 2.95. The first-order valence-electron chi connectivity index (χ1n) is 9.63. The number of amides is 2. The molecule has 5 N–H and O–H groups in total. The van der Waals surface area contributed by atoms with Gasteiger partial charge >= 0.3 is 0 Å². The first kappa shape index (κ1) is 27.6. The van der Waals surface area contributed by atoms with Gasteiger partial charge in [-0.1, -0.05) is 38.1 Å². The van der Waals surface area contributed by atoms with Crippen LogP contribution >= 0.6 is 24.8 Å². The fourth-order valence-corrected chi connectivity index (χ4v) is 2.95. The van der Waals surface area contributed by atoms with Crippen molar-refractivity contribution in [3.05, 3.63) is 35.4 Å². The number of piperidine rings is 1. The molecular formula is C20H34Cl2N4O3. The van der Waals surface area contributed by atoms with Crippen molar-refractivity contribution in [1.29, 1.82) is 0 Å². The summed E-state index contributed by atoms with van der Waals surface area (Å²) in [6.45, 7) is 6.79. The molecule has 1 aromatic rings. The number of hydrogen-bond donors (Lipinski definition) is 4. The van der Waals surface area contributed by atoms with Gasteiger partial charge in [-0.3, -0.25) is 14.5 Å². The van der Waals surface area contributed by atoms with Gasteiger partial charge in [0.15, 0.2) is 0 Å². The van der Waals surface area contributed by atoms with E-state index in [0.717, 1.165) is 38.0 Å². The van der Waals surface area contributed by atoms with Crippen molar-refractivity contribution < 1.29 is 14.7 Å². The van der Waals surface area contributed by atoms with Gasteiger partial charge in [0.25, 0.3) is 0 Å². The van der Waals surface area contributed by atoms with Gasteiger partial charge in [-0.25, -0.2) is 0 Å². The third-order valence-electron chi connectivity index (χ3n) is 4.92. The Kier molecular flexibility index (Phi) is 13.1. The molecule has 0 aromatic heterocycles. The lowest BCUT2D eigenvalue weighted by Gasteiger charge is -2.29. The molecule has 0 bridgehead atoms. The van der Waals surface area contributed by atoms with Crippen molar-refractivity contribution in [3.63, 3.8) is 0 Å². The second-order valence-electron chi connectivity index (χ2n) is 7.59. The zero-order chi connectivity index (χ0) is 19.8. The Hall–Kier alpha value is -1.38. The van der Waals surface area contributed by atoms with Gasteiger partial charge < -0.3 is 21.5 Å². The predicted octanol–water partition coefficient (Wildman–Crippen LogP) is 1.20. The number of rotatable bonds is 8. The third-order valence-corrected chi connectivity index (χ3v) is 4.92. The minimum absolute atomic E-state index is 0. The lowest BCUT2D eigenvalue weighted by molar-refractivity contribution is -0.127. The number of benzene rings is 1. The van der Waals surface area contributed by atoms with Gasteiger partial charge in [-0.2, -0.15) is 0 Å². The molecule has 1 aliphatic heterocycles. The molecule has 9 heteroatoms. The SMILES string of the molecule is CC(C)[C@H](N)C(=O)NCC(=O)NCc1ccc(CN2CCC(O)CC2)cc1.Cl.Cl. The first-order valence-corrected chi connectivity index (χ1v) is 9.63. The number of hydrogen-bond acceptors (Lipinski definition) is 5. The maximum atomic E-state index is 11.9. The van der Waals surface area contributed by atoms with Crippen molar-refractivity contribution in [2.24, 2.45) is 11.7 Å². The molecule has 29 heavy (non-hydrogen) atoms. The summed E-state index contributed by atoms with van der Waals surface area (Å²) in [4.78, 5) is 26.0. The summed E-state index contributed by atoms with van der Waals surface area (Å²) in [6, 6.07) is 7.53. The summed E-state index contributed by atoms with van der Waals surface area (Å²) < 4.78 is 0. The number of nitrogens with one attached hydrogen (secondary N) is 2. The van der Waals surface area contributed by atoms with Crippen molar-refractivity contribution in [2.75, 3.05) is 19.6 Å². The maximum Gasteiger partial charge on any atom is 0.239 e. The molecule has 1 aliphatic rings. The summed E-state index contributed by atoms with van der Waals surface area (Å²) in [7, 11) is 0. The molecule has 7 nitrogen and oxygen atoms in total. The molecule has 166 valence electrons. The van der Waals surface area contributed by atoms with Crippen LogP contribution < -0.4 is 16.4 Å². The lowest BCUT2D eigenvalue weighted by atomic mass is 10.1. The van der Waals surface area contributed by atoms with E-state index in [9.17, 15) is 14.7 Å². The molecule has 0 unspecified atom stereocenters. The van der Waals surface area contributed by atoms with Crippen molar-refractivity contribution in [2.45, 2.75) is 51.9 Å². The molecule has 2 amide bonds. The number of likely N-dealkylation sites (tertiary alicyclic amines) is 1. The fraction of sp³-hybridized carbons (Fsp3) is 0.600.